The topological polar surface area (TPSA) is 77.6 Å². The molecule has 0 unspecified atom stereocenters. The van der Waals surface area contributed by atoms with Crippen LogP contribution in [0.2, 0.25) is 5.02 Å². The van der Waals surface area contributed by atoms with Gasteiger partial charge in [-0.25, -0.2) is 4.98 Å². The molecule has 0 bridgehead atoms. The summed E-state index contributed by atoms with van der Waals surface area (Å²) in [6.45, 7) is 0. The quantitative estimate of drug-likeness (QED) is 0.717. The SMILES string of the molecule is N#Cc1c[nH]c2c(NSc3cnco3)ccc(Cl)c12. The molecule has 0 aliphatic carbocycles. The van der Waals surface area contributed by atoms with Crippen LogP contribution in [0.4, 0.5) is 5.69 Å². The van der Waals surface area contributed by atoms with Crippen molar-refractivity contribution in [2.24, 2.45) is 0 Å². The highest BCUT2D eigenvalue weighted by Gasteiger charge is 2.11. The second-order valence-corrected chi connectivity index (χ2v) is 4.90. The normalized spacial score (nSPS) is 10.5. The first kappa shape index (κ1) is 12.0. The molecule has 5 nitrogen and oxygen atoms in total. The van der Waals surface area contributed by atoms with Gasteiger partial charge in [0.15, 0.2) is 6.39 Å². The number of hydrogen-bond donors (Lipinski definition) is 2. The van der Waals surface area contributed by atoms with Gasteiger partial charge in [0.1, 0.15) is 6.07 Å². The average Bonchev–Trinajstić information content (AvgIpc) is 3.07. The van der Waals surface area contributed by atoms with Gasteiger partial charge in [-0.2, -0.15) is 5.26 Å². The molecule has 94 valence electrons. The Morgan fingerprint density at radius 2 is 2.37 bits per heavy atom. The van der Waals surface area contributed by atoms with E-state index < -0.39 is 0 Å². The van der Waals surface area contributed by atoms with Crippen molar-refractivity contribution in [1.82, 2.24) is 9.97 Å². The Balaban J connectivity index is 1.98. The number of nitriles is 1. The van der Waals surface area contributed by atoms with Gasteiger partial charge in [0, 0.05) is 23.5 Å². The third kappa shape index (κ3) is 2.14. The van der Waals surface area contributed by atoms with Gasteiger partial charge >= 0.3 is 0 Å². The standard InChI is InChI=1S/C12H7ClN4OS/c13-8-1-2-9(17-19-10-5-15-6-18-10)12-11(8)7(3-14)4-16-12/h1-2,4-6,16-17H. The molecule has 0 aliphatic heterocycles. The van der Waals surface area contributed by atoms with Crippen molar-refractivity contribution in [3.8, 4) is 6.07 Å². The van der Waals surface area contributed by atoms with Crippen LogP contribution in [0.1, 0.15) is 5.56 Å². The summed E-state index contributed by atoms with van der Waals surface area (Å²) >= 11 is 7.41. The summed E-state index contributed by atoms with van der Waals surface area (Å²) in [7, 11) is 0. The fourth-order valence-electron chi connectivity index (χ4n) is 1.74. The Morgan fingerprint density at radius 1 is 1.47 bits per heavy atom. The number of nitrogens with zero attached hydrogens (tertiary/aromatic N) is 2. The molecular formula is C12H7ClN4OS. The third-order valence-corrected chi connectivity index (χ3v) is 3.62. The molecule has 0 saturated heterocycles. The van der Waals surface area contributed by atoms with Crippen LogP contribution in [0.25, 0.3) is 10.9 Å². The maximum absolute atomic E-state index is 9.04. The van der Waals surface area contributed by atoms with Crippen LogP contribution in [-0.2, 0) is 0 Å². The van der Waals surface area contributed by atoms with Gasteiger partial charge in [0.25, 0.3) is 0 Å². The summed E-state index contributed by atoms with van der Waals surface area (Å²) in [4.78, 5) is 6.88. The van der Waals surface area contributed by atoms with Crippen molar-refractivity contribution in [2.75, 3.05) is 4.72 Å². The number of aromatic nitrogens is 2. The van der Waals surface area contributed by atoms with E-state index in [2.05, 4.69) is 20.8 Å². The molecule has 7 heteroatoms. The molecule has 2 heterocycles. The second kappa shape index (κ2) is 4.88. The summed E-state index contributed by atoms with van der Waals surface area (Å²) in [5.41, 5.74) is 2.13. The zero-order valence-corrected chi connectivity index (χ0v) is 11.0. The number of hydrogen-bond acceptors (Lipinski definition) is 5. The Morgan fingerprint density at radius 3 is 3.11 bits per heavy atom. The molecule has 2 aromatic heterocycles. The third-order valence-electron chi connectivity index (χ3n) is 2.58. The number of fused-ring (bicyclic) bond motifs is 1. The Bertz CT molecular complexity index is 760. The first-order valence-corrected chi connectivity index (χ1v) is 6.50. The molecule has 0 radical (unpaired) electrons. The van der Waals surface area contributed by atoms with E-state index in [9.17, 15) is 0 Å². The lowest BCUT2D eigenvalue weighted by Crippen LogP contribution is -1.87. The highest BCUT2D eigenvalue weighted by molar-refractivity contribution is 8.00. The molecule has 2 N–H and O–H groups in total. The van der Waals surface area contributed by atoms with E-state index in [1.165, 1.54) is 18.3 Å². The number of nitrogens with one attached hydrogen (secondary N) is 2. The Kier molecular flexibility index (Phi) is 3.07. The maximum Gasteiger partial charge on any atom is 0.200 e. The fraction of sp³-hybridized carbons (Fsp3) is 0. The van der Waals surface area contributed by atoms with E-state index in [4.69, 9.17) is 21.3 Å². The zero-order valence-electron chi connectivity index (χ0n) is 9.48. The minimum atomic E-state index is 0.522. The molecular weight excluding hydrogens is 284 g/mol. The van der Waals surface area contributed by atoms with E-state index in [0.29, 0.717) is 21.1 Å². The van der Waals surface area contributed by atoms with Crippen molar-refractivity contribution >= 4 is 40.1 Å². The predicted octanol–water partition coefficient (Wildman–Crippen LogP) is 3.80. The van der Waals surface area contributed by atoms with E-state index in [0.717, 1.165) is 11.2 Å². The lowest BCUT2D eigenvalue weighted by Gasteiger charge is -2.05. The highest BCUT2D eigenvalue weighted by atomic mass is 35.5. The molecule has 0 amide bonds. The molecule has 0 atom stereocenters. The van der Waals surface area contributed by atoms with Crippen LogP contribution in [0.3, 0.4) is 0 Å². The van der Waals surface area contributed by atoms with Gasteiger partial charge in [-0.15, -0.1) is 0 Å². The van der Waals surface area contributed by atoms with Crippen LogP contribution >= 0.6 is 23.5 Å². The van der Waals surface area contributed by atoms with Crippen molar-refractivity contribution in [2.45, 2.75) is 5.09 Å². The monoisotopic (exact) mass is 290 g/mol. The number of H-pyrrole nitrogens is 1. The number of anilines is 1. The average molecular weight is 291 g/mol. The van der Waals surface area contributed by atoms with Crippen molar-refractivity contribution in [3.05, 3.63) is 41.5 Å². The molecule has 0 spiro atoms. The van der Waals surface area contributed by atoms with Crippen LogP contribution in [0, 0.1) is 11.3 Å². The molecule has 19 heavy (non-hydrogen) atoms. The van der Waals surface area contributed by atoms with Gasteiger partial charge in [-0.05, 0) is 12.1 Å². The van der Waals surface area contributed by atoms with Gasteiger partial charge < -0.3 is 14.1 Å². The predicted molar refractivity (Wildman–Crippen MR) is 74.0 cm³/mol. The molecule has 3 aromatic rings. The first-order valence-electron chi connectivity index (χ1n) is 5.30. The summed E-state index contributed by atoms with van der Waals surface area (Å²) in [6, 6.07) is 5.70. The minimum absolute atomic E-state index is 0.522. The van der Waals surface area contributed by atoms with Crippen LogP contribution in [0.5, 0.6) is 0 Å². The second-order valence-electron chi connectivity index (χ2n) is 3.68. The largest absolute Gasteiger partial charge is 0.435 e. The van der Waals surface area contributed by atoms with E-state index >= 15 is 0 Å². The van der Waals surface area contributed by atoms with Crippen LogP contribution in [0.15, 0.2) is 40.4 Å². The first-order chi connectivity index (χ1) is 9.29. The van der Waals surface area contributed by atoms with E-state index in [-0.39, 0.29) is 0 Å². The number of halogens is 1. The van der Waals surface area contributed by atoms with Crippen LogP contribution in [-0.4, -0.2) is 9.97 Å². The van der Waals surface area contributed by atoms with Crippen molar-refractivity contribution < 1.29 is 4.42 Å². The summed E-state index contributed by atoms with van der Waals surface area (Å²) in [5, 5.41) is 11.0. The van der Waals surface area contributed by atoms with E-state index in [1.54, 1.807) is 18.5 Å². The summed E-state index contributed by atoms with van der Waals surface area (Å²) in [5.74, 6) is 0. The minimum Gasteiger partial charge on any atom is -0.435 e. The van der Waals surface area contributed by atoms with Gasteiger partial charge in [0.05, 0.1) is 28.0 Å². The molecule has 0 fully saturated rings. The number of benzene rings is 1. The Labute approximate surface area is 117 Å². The zero-order chi connectivity index (χ0) is 13.2. The number of oxazole rings is 1. The smallest absolute Gasteiger partial charge is 0.200 e. The number of rotatable bonds is 3. The molecule has 0 aliphatic rings. The number of aromatic amines is 1. The van der Waals surface area contributed by atoms with Crippen molar-refractivity contribution in [3.63, 3.8) is 0 Å². The highest BCUT2D eigenvalue weighted by Crippen LogP contribution is 2.33. The fourth-order valence-corrected chi connectivity index (χ4v) is 2.58. The van der Waals surface area contributed by atoms with Gasteiger partial charge in [0.2, 0.25) is 5.09 Å². The summed E-state index contributed by atoms with van der Waals surface area (Å²) in [6.07, 6.45) is 4.62. The van der Waals surface area contributed by atoms with Crippen LogP contribution < -0.4 is 4.72 Å². The maximum atomic E-state index is 9.04. The Hall–Kier alpha value is -2.10. The van der Waals surface area contributed by atoms with E-state index in [1.807, 2.05) is 6.07 Å². The van der Waals surface area contributed by atoms with Gasteiger partial charge in [-0.3, -0.25) is 0 Å². The lowest BCUT2D eigenvalue weighted by molar-refractivity contribution is 0.470. The molecule has 0 saturated carbocycles. The van der Waals surface area contributed by atoms with Gasteiger partial charge in [-0.1, -0.05) is 11.6 Å². The van der Waals surface area contributed by atoms with Crippen molar-refractivity contribution in [1.29, 1.82) is 5.26 Å². The summed E-state index contributed by atoms with van der Waals surface area (Å²) < 4.78 is 8.26. The lowest BCUT2D eigenvalue weighted by atomic mass is 10.1. The molecule has 1 aromatic carbocycles. The molecule has 3 rings (SSSR count).